The van der Waals surface area contributed by atoms with E-state index < -0.39 is 0 Å². The molecule has 3 aliphatic rings. The van der Waals surface area contributed by atoms with E-state index in [2.05, 4.69) is 133 Å². The number of hydrogen-bond acceptors (Lipinski definition) is 2. The Bertz CT molecular complexity index is 1990. The fraction of sp³-hybridized carbons (Fsp3) is 0.0263. The van der Waals surface area contributed by atoms with Crippen molar-refractivity contribution in [1.29, 1.82) is 0 Å². The summed E-state index contributed by atoms with van der Waals surface area (Å²) < 4.78 is 0. The van der Waals surface area contributed by atoms with Crippen LogP contribution in [-0.4, -0.2) is 4.98 Å². The molecule has 0 unspecified atom stereocenters. The van der Waals surface area contributed by atoms with Crippen LogP contribution < -0.4 is 4.90 Å². The van der Waals surface area contributed by atoms with E-state index in [1.165, 1.54) is 44.5 Å². The number of rotatable bonds is 1. The molecule has 1 spiro atoms. The highest BCUT2D eigenvalue weighted by Crippen LogP contribution is 2.63. The molecule has 2 aliphatic carbocycles. The number of hydrogen-bond donors (Lipinski definition) is 0. The molecule has 1 aliphatic heterocycles. The van der Waals surface area contributed by atoms with Crippen LogP contribution in [0.25, 0.3) is 39.2 Å². The molecule has 0 saturated heterocycles. The summed E-state index contributed by atoms with van der Waals surface area (Å²) in [6.07, 6.45) is 1.88. The lowest BCUT2D eigenvalue weighted by Crippen LogP contribution is -2.26. The number of anilines is 2. The molecule has 0 radical (unpaired) electrons. The molecule has 2 heterocycles. The highest BCUT2D eigenvalue weighted by Gasteiger charge is 2.51. The maximum atomic E-state index is 4.82. The Morgan fingerprint density at radius 1 is 0.500 bits per heavy atom. The lowest BCUT2D eigenvalue weighted by Gasteiger charge is -2.35. The summed E-state index contributed by atoms with van der Waals surface area (Å²) in [4.78, 5) is 7.11. The molecule has 5 aromatic carbocycles. The van der Waals surface area contributed by atoms with E-state index >= 15 is 0 Å². The van der Waals surface area contributed by atoms with Gasteiger partial charge in [-0.1, -0.05) is 110 Å². The van der Waals surface area contributed by atoms with E-state index in [-0.39, 0.29) is 5.41 Å². The summed E-state index contributed by atoms with van der Waals surface area (Å²) in [5.41, 5.74) is 16.6. The van der Waals surface area contributed by atoms with Gasteiger partial charge in [-0.05, 0) is 68.8 Å². The van der Waals surface area contributed by atoms with Gasteiger partial charge in [0, 0.05) is 28.7 Å². The SMILES string of the molecule is C=C1c2ccccc2-c2ncccc2N1c1ccc2c(c1)C1(c3ccccc3-c3ccccc31)c1ccccc1-2. The van der Waals surface area contributed by atoms with Gasteiger partial charge in [-0.2, -0.15) is 0 Å². The zero-order chi connectivity index (χ0) is 26.4. The van der Waals surface area contributed by atoms with E-state index in [0.29, 0.717) is 0 Å². The molecule has 0 bridgehead atoms. The van der Waals surface area contributed by atoms with Crippen molar-refractivity contribution in [2.75, 3.05) is 4.90 Å². The highest BCUT2D eigenvalue weighted by atomic mass is 15.2. The maximum Gasteiger partial charge on any atom is 0.0949 e. The second-order valence-electron chi connectivity index (χ2n) is 10.8. The molecular formula is C38H24N2. The molecule has 0 saturated carbocycles. The predicted octanol–water partition coefficient (Wildman–Crippen LogP) is 9.21. The summed E-state index contributed by atoms with van der Waals surface area (Å²) in [6, 6.07) is 46.4. The fourth-order valence-electron chi connectivity index (χ4n) is 7.51. The first-order chi connectivity index (χ1) is 19.8. The maximum absolute atomic E-state index is 4.82. The molecular weight excluding hydrogens is 484 g/mol. The first-order valence-electron chi connectivity index (χ1n) is 13.8. The number of fused-ring (bicyclic) bond motifs is 13. The normalized spacial score (nSPS) is 14.7. The van der Waals surface area contributed by atoms with Gasteiger partial charge in [0.05, 0.1) is 16.8 Å². The van der Waals surface area contributed by atoms with Crippen molar-refractivity contribution >= 4 is 17.1 Å². The zero-order valence-electron chi connectivity index (χ0n) is 21.8. The van der Waals surface area contributed by atoms with Gasteiger partial charge in [-0.15, -0.1) is 0 Å². The van der Waals surface area contributed by atoms with E-state index in [1.54, 1.807) is 0 Å². The second kappa shape index (κ2) is 7.68. The summed E-state index contributed by atoms with van der Waals surface area (Å²) in [5, 5.41) is 0. The van der Waals surface area contributed by atoms with Gasteiger partial charge < -0.3 is 4.90 Å². The molecule has 1 aromatic heterocycles. The van der Waals surface area contributed by atoms with Gasteiger partial charge >= 0.3 is 0 Å². The summed E-state index contributed by atoms with van der Waals surface area (Å²) in [6.45, 7) is 4.60. The standard InChI is InChI=1S/C38H24N2/c1-24-26-11-2-3-15-31(26)37-36(19-10-22-39-37)40(24)25-20-21-30-29-14-6-9-18-34(29)38(35(30)23-25)32-16-7-4-12-27(32)28-13-5-8-17-33(28)38/h2-23H,1H2. The van der Waals surface area contributed by atoms with Crippen LogP contribution in [0.3, 0.4) is 0 Å². The minimum Gasteiger partial charge on any atom is -0.308 e. The number of aromatic nitrogens is 1. The molecule has 0 N–H and O–H groups in total. The molecule has 9 rings (SSSR count). The van der Waals surface area contributed by atoms with Crippen LogP contribution >= 0.6 is 0 Å². The largest absolute Gasteiger partial charge is 0.308 e. The fourth-order valence-corrected chi connectivity index (χ4v) is 7.51. The van der Waals surface area contributed by atoms with Gasteiger partial charge in [0.25, 0.3) is 0 Å². The van der Waals surface area contributed by atoms with Crippen LogP contribution in [0, 0.1) is 0 Å². The monoisotopic (exact) mass is 508 g/mol. The van der Waals surface area contributed by atoms with Crippen LogP contribution in [0.4, 0.5) is 11.4 Å². The minimum absolute atomic E-state index is 0.373. The smallest absolute Gasteiger partial charge is 0.0949 e. The van der Waals surface area contributed by atoms with Crippen molar-refractivity contribution in [3.8, 4) is 33.5 Å². The summed E-state index contributed by atoms with van der Waals surface area (Å²) in [5.74, 6) is 0. The van der Waals surface area contributed by atoms with E-state index in [0.717, 1.165) is 33.9 Å². The Morgan fingerprint density at radius 2 is 1.02 bits per heavy atom. The van der Waals surface area contributed by atoms with Crippen molar-refractivity contribution in [2.45, 2.75) is 5.41 Å². The molecule has 0 amide bonds. The van der Waals surface area contributed by atoms with E-state index in [4.69, 9.17) is 4.98 Å². The molecule has 2 nitrogen and oxygen atoms in total. The Labute approximate surface area is 233 Å². The molecule has 186 valence electrons. The van der Waals surface area contributed by atoms with Crippen LogP contribution in [0.5, 0.6) is 0 Å². The Hall–Kier alpha value is -5.21. The quantitative estimate of drug-likeness (QED) is 0.220. The van der Waals surface area contributed by atoms with Crippen LogP contribution in [0.2, 0.25) is 0 Å². The van der Waals surface area contributed by atoms with Crippen LogP contribution in [0.15, 0.2) is 140 Å². The number of benzene rings is 5. The van der Waals surface area contributed by atoms with Gasteiger partial charge in [-0.25, -0.2) is 0 Å². The van der Waals surface area contributed by atoms with Crippen molar-refractivity contribution < 1.29 is 0 Å². The van der Waals surface area contributed by atoms with E-state index in [1.807, 2.05) is 12.3 Å². The van der Waals surface area contributed by atoms with Gasteiger partial charge in [0.2, 0.25) is 0 Å². The second-order valence-corrected chi connectivity index (χ2v) is 10.8. The third-order valence-electron chi connectivity index (χ3n) is 9.03. The van der Waals surface area contributed by atoms with Gasteiger partial charge in [-0.3, -0.25) is 4.98 Å². The first-order valence-corrected chi connectivity index (χ1v) is 13.8. The molecule has 0 atom stereocenters. The topological polar surface area (TPSA) is 16.1 Å². The van der Waals surface area contributed by atoms with Crippen molar-refractivity contribution in [3.63, 3.8) is 0 Å². The van der Waals surface area contributed by atoms with Crippen molar-refractivity contribution in [1.82, 2.24) is 4.98 Å². The summed E-state index contributed by atoms with van der Waals surface area (Å²) >= 11 is 0. The average Bonchev–Trinajstić information content (AvgIpc) is 3.48. The van der Waals surface area contributed by atoms with Gasteiger partial charge in [0.1, 0.15) is 0 Å². The zero-order valence-corrected chi connectivity index (χ0v) is 21.8. The Balaban J connectivity index is 1.35. The Morgan fingerprint density at radius 3 is 1.65 bits per heavy atom. The highest BCUT2D eigenvalue weighted by molar-refractivity contribution is 6.02. The van der Waals surface area contributed by atoms with Crippen molar-refractivity contribution in [3.05, 3.63) is 168 Å². The predicted molar refractivity (Wildman–Crippen MR) is 164 cm³/mol. The third kappa shape index (κ3) is 2.51. The lowest BCUT2D eigenvalue weighted by atomic mass is 9.70. The Kier molecular flexibility index (Phi) is 4.16. The lowest BCUT2D eigenvalue weighted by molar-refractivity contribution is 0.793. The third-order valence-corrected chi connectivity index (χ3v) is 9.03. The molecule has 0 fully saturated rings. The van der Waals surface area contributed by atoms with Crippen molar-refractivity contribution in [2.24, 2.45) is 0 Å². The first kappa shape index (κ1) is 21.7. The number of pyridine rings is 1. The van der Waals surface area contributed by atoms with Gasteiger partial charge in [0.15, 0.2) is 0 Å². The number of nitrogens with zero attached hydrogens (tertiary/aromatic N) is 2. The average molecular weight is 509 g/mol. The molecule has 2 heteroatoms. The van der Waals surface area contributed by atoms with Crippen LogP contribution in [0.1, 0.15) is 27.8 Å². The van der Waals surface area contributed by atoms with Crippen LogP contribution in [-0.2, 0) is 5.41 Å². The van der Waals surface area contributed by atoms with E-state index in [9.17, 15) is 0 Å². The minimum atomic E-state index is -0.373. The molecule has 6 aromatic rings. The summed E-state index contributed by atoms with van der Waals surface area (Å²) in [7, 11) is 0. The molecule has 40 heavy (non-hydrogen) atoms.